The van der Waals surface area contributed by atoms with Gasteiger partial charge in [0.1, 0.15) is 12.4 Å². The summed E-state index contributed by atoms with van der Waals surface area (Å²) in [5.41, 5.74) is 3.27. The molecule has 0 saturated heterocycles. The van der Waals surface area contributed by atoms with E-state index in [2.05, 4.69) is 11.4 Å². The van der Waals surface area contributed by atoms with Gasteiger partial charge < -0.3 is 19.5 Å². The molecule has 5 heteroatoms. The zero-order valence-electron chi connectivity index (χ0n) is 16.8. The Morgan fingerprint density at radius 1 is 0.793 bits per heavy atom. The lowest BCUT2D eigenvalue weighted by Gasteiger charge is -2.13. The lowest BCUT2D eigenvalue weighted by atomic mass is 10.1. The molecular weight excluding hydrogens is 386 g/mol. The van der Waals surface area contributed by atoms with Crippen molar-refractivity contribution in [2.45, 2.75) is 19.6 Å². The van der Waals surface area contributed by atoms with Crippen LogP contribution in [0, 0.1) is 0 Å². The second kappa shape index (κ2) is 10.7. The van der Waals surface area contributed by atoms with E-state index in [0.717, 1.165) is 36.4 Å². The first kappa shape index (κ1) is 21.0. The van der Waals surface area contributed by atoms with Crippen molar-refractivity contribution in [1.29, 1.82) is 0 Å². The third-order valence-electron chi connectivity index (χ3n) is 4.66. The van der Waals surface area contributed by atoms with Crippen LogP contribution >= 0.6 is 11.6 Å². The Morgan fingerprint density at radius 2 is 1.52 bits per heavy atom. The first-order valence-corrected chi connectivity index (χ1v) is 9.94. The first-order chi connectivity index (χ1) is 14.2. The molecule has 0 amide bonds. The zero-order chi connectivity index (χ0) is 20.5. The molecule has 0 saturated carbocycles. The van der Waals surface area contributed by atoms with E-state index in [1.54, 1.807) is 14.2 Å². The Morgan fingerprint density at radius 3 is 2.28 bits per heavy atom. The Balaban J connectivity index is 1.54. The van der Waals surface area contributed by atoms with Crippen molar-refractivity contribution in [3.05, 3.63) is 88.4 Å². The predicted octanol–water partition coefficient (Wildman–Crippen LogP) is 5.27. The van der Waals surface area contributed by atoms with Gasteiger partial charge in [-0.25, -0.2) is 0 Å². The quantitative estimate of drug-likeness (QED) is 0.461. The SMILES string of the molecule is COc1ccccc1CCNCc1ccc(OCc2ccccc2Cl)c(OC)c1. The van der Waals surface area contributed by atoms with Crippen molar-refractivity contribution < 1.29 is 14.2 Å². The highest BCUT2D eigenvalue weighted by molar-refractivity contribution is 6.31. The third-order valence-corrected chi connectivity index (χ3v) is 5.03. The van der Waals surface area contributed by atoms with Crippen LogP contribution in [0.4, 0.5) is 0 Å². The first-order valence-electron chi connectivity index (χ1n) is 9.57. The van der Waals surface area contributed by atoms with E-state index < -0.39 is 0 Å². The fourth-order valence-electron chi connectivity index (χ4n) is 3.08. The fourth-order valence-corrected chi connectivity index (χ4v) is 3.27. The van der Waals surface area contributed by atoms with E-state index in [4.69, 9.17) is 25.8 Å². The number of para-hydroxylation sites is 1. The van der Waals surface area contributed by atoms with Gasteiger partial charge in [-0.05, 0) is 48.4 Å². The van der Waals surface area contributed by atoms with Gasteiger partial charge in [0.15, 0.2) is 11.5 Å². The van der Waals surface area contributed by atoms with Gasteiger partial charge in [0.25, 0.3) is 0 Å². The van der Waals surface area contributed by atoms with E-state index in [1.807, 2.05) is 60.7 Å². The number of benzene rings is 3. The fraction of sp³-hybridized carbons (Fsp3) is 0.250. The molecule has 0 heterocycles. The number of hydrogen-bond donors (Lipinski definition) is 1. The molecule has 0 aliphatic carbocycles. The molecular formula is C24H26ClNO3. The minimum absolute atomic E-state index is 0.395. The Labute approximate surface area is 177 Å². The molecule has 29 heavy (non-hydrogen) atoms. The van der Waals surface area contributed by atoms with Crippen molar-refractivity contribution in [3.8, 4) is 17.2 Å². The van der Waals surface area contributed by atoms with Crippen molar-refractivity contribution in [1.82, 2.24) is 5.32 Å². The predicted molar refractivity (Wildman–Crippen MR) is 117 cm³/mol. The lowest BCUT2D eigenvalue weighted by Crippen LogP contribution is -2.17. The maximum Gasteiger partial charge on any atom is 0.161 e. The van der Waals surface area contributed by atoms with Gasteiger partial charge in [-0.2, -0.15) is 0 Å². The van der Waals surface area contributed by atoms with E-state index in [-0.39, 0.29) is 0 Å². The Kier molecular flexibility index (Phi) is 7.79. The van der Waals surface area contributed by atoms with Crippen LogP contribution in [0.1, 0.15) is 16.7 Å². The molecule has 152 valence electrons. The summed E-state index contributed by atoms with van der Waals surface area (Å²) in [7, 11) is 3.35. The van der Waals surface area contributed by atoms with Crippen LogP contribution in [0.3, 0.4) is 0 Å². The summed E-state index contributed by atoms with van der Waals surface area (Å²) in [5.74, 6) is 2.34. The van der Waals surface area contributed by atoms with Crippen LogP contribution in [-0.4, -0.2) is 20.8 Å². The summed E-state index contributed by atoms with van der Waals surface area (Å²) in [4.78, 5) is 0. The summed E-state index contributed by atoms with van der Waals surface area (Å²) >= 11 is 6.20. The van der Waals surface area contributed by atoms with Crippen LogP contribution in [0.5, 0.6) is 17.2 Å². The molecule has 3 rings (SSSR count). The minimum atomic E-state index is 0.395. The largest absolute Gasteiger partial charge is 0.496 e. The molecule has 0 atom stereocenters. The second-order valence-electron chi connectivity index (χ2n) is 6.60. The van der Waals surface area contributed by atoms with E-state index in [1.165, 1.54) is 5.56 Å². The Bertz CT molecular complexity index is 930. The van der Waals surface area contributed by atoms with Gasteiger partial charge >= 0.3 is 0 Å². The molecule has 0 aromatic heterocycles. The van der Waals surface area contributed by atoms with E-state index >= 15 is 0 Å². The van der Waals surface area contributed by atoms with Crippen LogP contribution in [0.2, 0.25) is 5.02 Å². The molecule has 0 radical (unpaired) electrons. The highest BCUT2D eigenvalue weighted by Gasteiger charge is 2.08. The highest BCUT2D eigenvalue weighted by Crippen LogP contribution is 2.29. The van der Waals surface area contributed by atoms with Crippen LogP contribution in [0.25, 0.3) is 0 Å². The van der Waals surface area contributed by atoms with Crippen molar-refractivity contribution in [2.75, 3.05) is 20.8 Å². The maximum absolute atomic E-state index is 6.20. The van der Waals surface area contributed by atoms with Crippen LogP contribution < -0.4 is 19.5 Å². The summed E-state index contributed by atoms with van der Waals surface area (Å²) in [5, 5.41) is 4.16. The molecule has 0 fully saturated rings. The average Bonchev–Trinajstić information content (AvgIpc) is 2.76. The maximum atomic E-state index is 6.20. The molecule has 0 spiro atoms. The third kappa shape index (κ3) is 5.89. The Hall–Kier alpha value is -2.69. The number of ether oxygens (including phenoxy) is 3. The molecule has 4 nitrogen and oxygen atoms in total. The average molecular weight is 412 g/mol. The number of hydrogen-bond acceptors (Lipinski definition) is 4. The normalized spacial score (nSPS) is 10.6. The van der Waals surface area contributed by atoms with E-state index in [0.29, 0.717) is 23.1 Å². The van der Waals surface area contributed by atoms with E-state index in [9.17, 15) is 0 Å². The van der Waals surface area contributed by atoms with Gasteiger partial charge in [-0.3, -0.25) is 0 Å². The molecule has 0 bridgehead atoms. The molecule has 3 aromatic rings. The number of rotatable bonds is 10. The summed E-state index contributed by atoms with van der Waals surface area (Å²) in [6, 6.07) is 21.7. The van der Waals surface area contributed by atoms with Crippen molar-refractivity contribution >= 4 is 11.6 Å². The number of methoxy groups -OCH3 is 2. The molecule has 0 aliphatic rings. The molecule has 1 N–H and O–H groups in total. The number of halogens is 1. The summed E-state index contributed by atoms with van der Waals surface area (Å²) in [6.07, 6.45) is 0.903. The topological polar surface area (TPSA) is 39.7 Å². The standard InChI is InChI=1S/C24H26ClNO3/c1-27-22-10-6-4-7-19(22)13-14-26-16-18-11-12-23(24(15-18)28-2)29-17-20-8-3-5-9-21(20)25/h3-12,15,26H,13-14,16-17H2,1-2H3. The molecule has 0 unspecified atom stereocenters. The minimum Gasteiger partial charge on any atom is -0.496 e. The van der Waals surface area contributed by atoms with Crippen molar-refractivity contribution in [3.63, 3.8) is 0 Å². The highest BCUT2D eigenvalue weighted by atomic mass is 35.5. The second-order valence-corrected chi connectivity index (χ2v) is 7.01. The lowest BCUT2D eigenvalue weighted by molar-refractivity contribution is 0.284. The molecule has 3 aromatic carbocycles. The summed E-state index contributed by atoms with van der Waals surface area (Å²) in [6.45, 7) is 2.00. The van der Waals surface area contributed by atoms with Gasteiger partial charge in [0, 0.05) is 17.1 Å². The van der Waals surface area contributed by atoms with Crippen LogP contribution in [-0.2, 0) is 19.6 Å². The monoisotopic (exact) mass is 411 g/mol. The summed E-state index contributed by atoms with van der Waals surface area (Å²) < 4.78 is 16.8. The van der Waals surface area contributed by atoms with Gasteiger partial charge in [-0.15, -0.1) is 0 Å². The van der Waals surface area contributed by atoms with Gasteiger partial charge in [-0.1, -0.05) is 54.1 Å². The smallest absolute Gasteiger partial charge is 0.161 e. The zero-order valence-corrected chi connectivity index (χ0v) is 17.5. The van der Waals surface area contributed by atoms with Crippen LogP contribution in [0.15, 0.2) is 66.7 Å². The van der Waals surface area contributed by atoms with Gasteiger partial charge in [0.2, 0.25) is 0 Å². The van der Waals surface area contributed by atoms with Crippen molar-refractivity contribution in [2.24, 2.45) is 0 Å². The number of nitrogens with one attached hydrogen (secondary N) is 1. The molecule has 0 aliphatic heterocycles. The van der Waals surface area contributed by atoms with Gasteiger partial charge in [0.05, 0.1) is 14.2 Å².